The zero-order valence-electron chi connectivity index (χ0n) is 9.55. The van der Waals surface area contributed by atoms with Gasteiger partial charge >= 0.3 is 0 Å². The highest BCUT2D eigenvalue weighted by atomic mass is 35.5. The summed E-state index contributed by atoms with van der Waals surface area (Å²) in [6.07, 6.45) is 1.76. The molecule has 0 aliphatic carbocycles. The average molecular weight is 294 g/mol. The van der Waals surface area contributed by atoms with Crippen LogP contribution < -0.4 is 5.32 Å². The van der Waals surface area contributed by atoms with E-state index in [0.29, 0.717) is 11.2 Å². The quantitative estimate of drug-likeness (QED) is 0.726. The van der Waals surface area contributed by atoms with E-state index in [0.717, 1.165) is 4.88 Å². The number of carbonyl (C=O) groups excluding carboxylic acids is 1. The van der Waals surface area contributed by atoms with E-state index in [1.54, 1.807) is 0 Å². The topological polar surface area (TPSA) is 83.6 Å². The van der Waals surface area contributed by atoms with Crippen LogP contribution in [0.1, 0.15) is 4.88 Å². The van der Waals surface area contributed by atoms with E-state index >= 15 is 0 Å². The number of hydrogen-bond acceptors (Lipinski definition) is 5. The van der Waals surface area contributed by atoms with Gasteiger partial charge in [-0.3, -0.25) is 10.1 Å². The summed E-state index contributed by atoms with van der Waals surface area (Å²) in [5.74, 6) is -0.0282. The van der Waals surface area contributed by atoms with E-state index in [-0.39, 0.29) is 23.4 Å². The summed E-state index contributed by atoms with van der Waals surface area (Å²) < 4.78 is 0. The van der Waals surface area contributed by atoms with Gasteiger partial charge in [0, 0.05) is 4.88 Å². The minimum absolute atomic E-state index is 0.158. The van der Waals surface area contributed by atoms with Crippen molar-refractivity contribution in [1.29, 1.82) is 0 Å². The van der Waals surface area contributed by atoms with E-state index < -0.39 is 0 Å². The van der Waals surface area contributed by atoms with Gasteiger partial charge in [-0.05, 0) is 11.4 Å². The minimum Gasteiger partial charge on any atom is -0.341 e. The largest absolute Gasteiger partial charge is 0.341 e. The van der Waals surface area contributed by atoms with E-state index in [1.807, 2.05) is 17.5 Å². The Morgan fingerprint density at radius 2 is 2.37 bits per heavy atom. The van der Waals surface area contributed by atoms with E-state index in [9.17, 15) is 4.79 Å². The number of nitrogens with one attached hydrogen (secondary N) is 2. The van der Waals surface area contributed by atoms with Gasteiger partial charge < -0.3 is 4.98 Å². The fourth-order valence-electron chi connectivity index (χ4n) is 1.59. The summed E-state index contributed by atoms with van der Waals surface area (Å²) in [4.78, 5) is 27.7. The van der Waals surface area contributed by atoms with Crippen LogP contribution in [-0.4, -0.2) is 25.8 Å². The first-order valence-corrected chi connectivity index (χ1v) is 6.67. The number of nitrogens with zero attached hydrogens (tertiary/aromatic N) is 3. The molecule has 0 unspecified atom stereocenters. The van der Waals surface area contributed by atoms with Crippen molar-refractivity contribution in [3.63, 3.8) is 0 Å². The fourth-order valence-corrected chi connectivity index (χ4v) is 2.52. The Labute approximate surface area is 116 Å². The number of imidazole rings is 1. The summed E-state index contributed by atoms with van der Waals surface area (Å²) in [6, 6.07) is 3.80. The molecule has 0 fully saturated rings. The first-order chi connectivity index (χ1) is 9.22. The number of amides is 1. The van der Waals surface area contributed by atoms with Gasteiger partial charge in [0.1, 0.15) is 5.52 Å². The Morgan fingerprint density at radius 3 is 3.16 bits per heavy atom. The van der Waals surface area contributed by atoms with E-state index in [1.165, 1.54) is 17.7 Å². The number of carbonyl (C=O) groups is 1. The number of H-pyrrole nitrogens is 1. The summed E-state index contributed by atoms with van der Waals surface area (Å²) >= 11 is 7.48. The minimum atomic E-state index is -0.187. The molecule has 6 nitrogen and oxygen atoms in total. The van der Waals surface area contributed by atoms with Gasteiger partial charge in [-0.15, -0.1) is 11.3 Å². The Hall–Kier alpha value is -1.99. The van der Waals surface area contributed by atoms with Gasteiger partial charge in [0.15, 0.2) is 10.8 Å². The van der Waals surface area contributed by atoms with Gasteiger partial charge in [0.2, 0.25) is 11.9 Å². The summed E-state index contributed by atoms with van der Waals surface area (Å²) in [7, 11) is 0. The molecule has 0 bridgehead atoms. The molecular formula is C11H8ClN5OS. The Morgan fingerprint density at radius 1 is 1.47 bits per heavy atom. The van der Waals surface area contributed by atoms with E-state index in [4.69, 9.17) is 11.6 Å². The molecule has 19 heavy (non-hydrogen) atoms. The molecule has 3 rings (SSSR count). The number of anilines is 1. The highest BCUT2D eigenvalue weighted by Crippen LogP contribution is 2.18. The van der Waals surface area contributed by atoms with Crippen LogP contribution in [-0.2, 0) is 11.2 Å². The van der Waals surface area contributed by atoms with Crippen molar-refractivity contribution in [3.05, 3.63) is 33.9 Å². The van der Waals surface area contributed by atoms with Crippen LogP contribution in [0.5, 0.6) is 0 Å². The van der Waals surface area contributed by atoms with Crippen LogP contribution in [0, 0.1) is 0 Å². The summed E-state index contributed by atoms with van der Waals surface area (Å²) in [6.45, 7) is 0. The van der Waals surface area contributed by atoms with Gasteiger partial charge in [0.05, 0.1) is 12.7 Å². The molecule has 0 spiro atoms. The number of hydrogen-bond donors (Lipinski definition) is 2. The SMILES string of the molecule is O=C(Cc1cccs1)Nc1nc(Cl)c2[nH]cnc2n1. The number of aromatic nitrogens is 4. The van der Waals surface area contributed by atoms with Crippen molar-refractivity contribution in [2.45, 2.75) is 6.42 Å². The smallest absolute Gasteiger partial charge is 0.233 e. The van der Waals surface area contributed by atoms with Crippen molar-refractivity contribution in [2.24, 2.45) is 0 Å². The van der Waals surface area contributed by atoms with Crippen molar-refractivity contribution >= 4 is 46.0 Å². The molecule has 0 aliphatic heterocycles. The Bertz CT molecular complexity index is 724. The lowest BCUT2D eigenvalue weighted by Crippen LogP contribution is -2.16. The van der Waals surface area contributed by atoms with Crippen molar-refractivity contribution in [2.75, 3.05) is 5.32 Å². The molecule has 8 heteroatoms. The molecule has 0 saturated carbocycles. The number of halogens is 1. The highest BCUT2D eigenvalue weighted by molar-refractivity contribution is 7.10. The Kier molecular flexibility index (Phi) is 3.14. The van der Waals surface area contributed by atoms with Crippen LogP contribution in [0.2, 0.25) is 5.15 Å². The molecule has 0 aliphatic rings. The van der Waals surface area contributed by atoms with Crippen LogP contribution >= 0.6 is 22.9 Å². The number of rotatable bonds is 3. The maximum atomic E-state index is 11.8. The molecule has 0 atom stereocenters. The van der Waals surface area contributed by atoms with Gasteiger partial charge in [-0.25, -0.2) is 4.98 Å². The molecule has 1 amide bonds. The third kappa shape index (κ3) is 2.56. The van der Waals surface area contributed by atoms with Gasteiger partial charge in [0.25, 0.3) is 0 Å². The lowest BCUT2D eigenvalue weighted by atomic mass is 10.3. The molecule has 3 aromatic heterocycles. The standard InChI is InChI=1S/C11H8ClN5OS/c12-9-8-10(14-5-13-8)17-11(16-9)15-7(18)4-6-2-1-3-19-6/h1-3,5H,4H2,(H2,13,14,15,16,17,18). The molecule has 2 N–H and O–H groups in total. The second-order valence-electron chi connectivity index (χ2n) is 3.74. The lowest BCUT2D eigenvalue weighted by molar-refractivity contribution is -0.115. The molecular weight excluding hydrogens is 286 g/mol. The predicted octanol–water partition coefficient (Wildman–Crippen LogP) is 2.25. The predicted molar refractivity (Wildman–Crippen MR) is 73.3 cm³/mol. The van der Waals surface area contributed by atoms with Gasteiger partial charge in [-0.1, -0.05) is 17.7 Å². The van der Waals surface area contributed by atoms with Crippen molar-refractivity contribution in [1.82, 2.24) is 19.9 Å². The normalized spacial score (nSPS) is 10.8. The molecule has 0 aromatic carbocycles. The third-order valence-corrected chi connectivity index (χ3v) is 3.56. The lowest BCUT2D eigenvalue weighted by Gasteiger charge is -2.03. The van der Waals surface area contributed by atoms with Crippen molar-refractivity contribution in [3.8, 4) is 0 Å². The first kappa shape index (κ1) is 12.1. The zero-order chi connectivity index (χ0) is 13.2. The first-order valence-electron chi connectivity index (χ1n) is 5.41. The molecule has 0 radical (unpaired) electrons. The third-order valence-electron chi connectivity index (χ3n) is 2.41. The second-order valence-corrected chi connectivity index (χ2v) is 5.13. The van der Waals surface area contributed by atoms with Crippen LogP contribution in [0.4, 0.5) is 5.95 Å². The number of aromatic amines is 1. The fraction of sp³-hybridized carbons (Fsp3) is 0.0909. The monoisotopic (exact) mass is 293 g/mol. The summed E-state index contributed by atoms with van der Waals surface area (Å²) in [5.41, 5.74) is 0.976. The second kappa shape index (κ2) is 4.94. The number of fused-ring (bicyclic) bond motifs is 1. The maximum Gasteiger partial charge on any atom is 0.233 e. The average Bonchev–Trinajstić information content (AvgIpc) is 2.99. The van der Waals surface area contributed by atoms with Gasteiger partial charge in [-0.2, -0.15) is 9.97 Å². The number of thiophene rings is 1. The zero-order valence-corrected chi connectivity index (χ0v) is 11.1. The van der Waals surface area contributed by atoms with E-state index in [2.05, 4.69) is 25.3 Å². The Balaban J connectivity index is 1.79. The van der Waals surface area contributed by atoms with Crippen LogP contribution in [0.15, 0.2) is 23.8 Å². The molecule has 96 valence electrons. The van der Waals surface area contributed by atoms with Crippen LogP contribution in [0.25, 0.3) is 11.2 Å². The maximum absolute atomic E-state index is 11.8. The van der Waals surface area contributed by atoms with Crippen LogP contribution in [0.3, 0.4) is 0 Å². The van der Waals surface area contributed by atoms with Crippen molar-refractivity contribution < 1.29 is 4.79 Å². The highest BCUT2D eigenvalue weighted by Gasteiger charge is 2.11. The summed E-state index contributed by atoms with van der Waals surface area (Å²) in [5, 5.41) is 4.76. The molecule has 0 saturated heterocycles. The molecule has 3 aromatic rings. The molecule has 3 heterocycles.